The zero-order valence-electron chi connectivity index (χ0n) is 18.4. The number of nitrogens with one attached hydrogen (secondary N) is 1. The van der Waals surface area contributed by atoms with Crippen molar-refractivity contribution in [3.63, 3.8) is 0 Å². The molecule has 0 fully saturated rings. The highest BCUT2D eigenvalue weighted by Gasteiger charge is 2.28. The van der Waals surface area contributed by atoms with Gasteiger partial charge in [-0.15, -0.1) is 11.8 Å². The molecule has 2 aromatic carbocycles. The fourth-order valence-electron chi connectivity index (χ4n) is 3.13. The van der Waals surface area contributed by atoms with E-state index in [0.29, 0.717) is 36.0 Å². The summed E-state index contributed by atoms with van der Waals surface area (Å²) in [6, 6.07) is 14.7. The number of benzene rings is 2. The quantitative estimate of drug-likeness (QED) is 0.486. The summed E-state index contributed by atoms with van der Waals surface area (Å²) in [5, 5.41) is 3.58. The van der Waals surface area contributed by atoms with E-state index >= 15 is 0 Å². The van der Waals surface area contributed by atoms with Crippen molar-refractivity contribution in [1.82, 2.24) is 10.2 Å². The Morgan fingerprint density at radius 2 is 1.71 bits per heavy atom. The van der Waals surface area contributed by atoms with Crippen LogP contribution < -0.4 is 10.1 Å². The largest absolute Gasteiger partial charge is 0.497 e. The van der Waals surface area contributed by atoms with E-state index < -0.39 is 6.04 Å². The maximum absolute atomic E-state index is 13.2. The van der Waals surface area contributed by atoms with Crippen LogP contribution in [0, 0.1) is 0 Å². The minimum Gasteiger partial charge on any atom is -0.497 e. The van der Waals surface area contributed by atoms with E-state index in [2.05, 4.69) is 5.32 Å². The van der Waals surface area contributed by atoms with Gasteiger partial charge >= 0.3 is 0 Å². The van der Waals surface area contributed by atoms with Crippen LogP contribution in [0.15, 0.2) is 48.5 Å². The Bertz CT molecular complexity index is 828. The van der Waals surface area contributed by atoms with Crippen LogP contribution in [0.1, 0.15) is 37.8 Å². The van der Waals surface area contributed by atoms with Gasteiger partial charge < -0.3 is 15.0 Å². The third-order valence-electron chi connectivity index (χ3n) is 4.85. The number of nitrogens with zero attached hydrogens (tertiary/aromatic N) is 1. The summed E-state index contributed by atoms with van der Waals surface area (Å²) < 4.78 is 5.18. The van der Waals surface area contributed by atoms with Crippen molar-refractivity contribution in [3.8, 4) is 5.75 Å². The van der Waals surface area contributed by atoms with Crippen molar-refractivity contribution in [3.05, 3.63) is 64.7 Å². The Labute approximate surface area is 194 Å². The van der Waals surface area contributed by atoms with Gasteiger partial charge in [0, 0.05) is 23.9 Å². The molecule has 5 nitrogen and oxygen atoms in total. The smallest absolute Gasteiger partial charge is 0.242 e. The Balaban J connectivity index is 2.07. The molecule has 1 atom stereocenters. The van der Waals surface area contributed by atoms with Gasteiger partial charge in [-0.25, -0.2) is 0 Å². The minimum atomic E-state index is -0.503. The molecular weight excluding hydrogens is 432 g/mol. The molecule has 0 aliphatic rings. The Hall–Kier alpha value is -2.18. The van der Waals surface area contributed by atoms with Crippen LogP contribution in [-0.4, -0.2) is 42.2 Å². The average molecular weight is 463 g/mol. The molecule has 0 aromatic heterocycles. The van der Waals surface area contributed by atoms with Crippen molar-refractivity contribution >= 4 is 35.2 Å². The molecule has 0 spiro atoms. The summed E-state index contributed by atoms with van der Waals surface area (Å²) in [5.74, 6) is 1.67. The Morgan fingerprint density at radius 3 is 2.29 bits per heavy atom. The molecule has 2 aromatic rings. The van der Waals surface area contributed by atoms with Crippen LogP contribution >= 0.6 is 23.4 Å². The lowest BCUT2D eigenvalue weighted by molar-refractivity contribution is -0.139. The predicted octanol–water partition coefficient (Wildman–Crippen LogP) is 4.92. The molecule has 1 N–H and O–H groups in total. The van der Waals surface area contributed by atoms with E-state index in [1.54, 1.807) is 35.9 Å². The van der Waals surface area contributed by atoms with Crippen molar-refractivity contribution < 1.29 is 14.3 Å². The summed E-state index contributed by atoms with van der Waals surface area (Å²) in [4.78, 5) is 27.6. The number of hydrogen-bond acceptors (Lipinski definition) is 4. The molecule has 2 rings (SSSR count). The van der Waals surface area contributed by atoms with E-state index in [9.17, 15) is 9.59 Å². The SMILES string of the molecule is CCCNC(=O)[C@@H](CC)N(Cc1ccc(Cl)cc1)C(=O)CSCc1ccc(OC)cc1. The second-order valence-corrected chi connectivity index (χ2v) is 8.63. The van der Waals surface area contributed by atoms with Gasteiger partial charge in [0.1, 0.15) is 11.8 Å². The van der Waals surface area contributed by atoms with E-state index in [0.717, 1.165) is 23.3 Å². The fourth-order valence-corrected chi connectivity index (χ4v) is 4.13. The highest BCUT2D eigenvalue weighted by Crippen LogP contribution is 2.20. The van der Waals surface area contributed by atoms with Gasteiger partial charge in [-0.05, 0) is 48.2 Å². The average Bonchev–Trinajstić information content (AvgIpc) is 2.79. The number of carbonyl (C=O) groups is 2. The van der Waals surface area contributed by atoms with Crippen LogP contribution in [-0.2, 0) is 21.9 Å². The third kappa shape index (κ3) is 8.11. The van der Waals surface area contributed by atoms with Crippen LogP contribution in [0.2, 0.25) is 5.02 Å². The van der Waals surface area contributed by atoms with Gasteiger partial charge in [0.05, 0.1) is 12.9 Å². The lowest BCUT2D eigenvalue weighted by Gasteiger charge is -2.30. The molecule has 0 bridgehead atoms. The van der Waals surface area contributed by atoms with E-state index in [-0.39, 0.29) is 11.8 Å². The highest BCUT2D eigenvalue weighted by atomic mass is 35.5. The first kappa shape index (κ1) is 25.1. The number of ether oxygens (including phenoxy) is 1. The molecule has 168 valence electrons. The van der Waals surface area contributed by atoms with E-state index in [4.69, 9.17) is 16.3 Å². The zero-order chi connectivity index (χ0) is 22.6. The lowest BCUT2D eigenvalue weighted by Crippen LogP contribution is -2.49. The van der Waals surface area contributed by atoms with Crippen LogP contribution in [0.4, 0.5) is 0 Å². The van der Waals surface area contributed by atoms with Crippen LogP contribution in [0.5, 0.6) is 5.75 Å². The number of rotatable bonds is 12. The summed E-state index contributed by atoms with van der Waals surface area (Å²) in [5.41, 5.74) is 2.07. The number of amides is 2. The molecule has 0 aliphatic heterocycles. The summed E-state index contributed by atoms with van der Waals surface area (Å²) in [7, 11) is 1.64. The molecule has 0 heterocycles. The monoisotopic (exact) mass is 462 g/mol. The maximum Gasteiger partial charge on any atom is 0.242 e. The number of hydrogen-bond donors (Lipinski definition) is 1. The maximum atomic E-state index is 13.2. The molecule has 31 heavy (non-hydrogen) atoms. The third-order valence-corrected chi connectivity index (χ3v) is 6.10. The van der Waals surface area contributed by atoms with Crippen LogP contribution in [0.25, 0.3) is 0 Å². The van der Waals surface area contributed by atoms with Crippen molar-refractivity contribution in [2.24, 2.45) is 0 Å². The normalized spacial score (nSPS) is 11.6. The summed E-state index contributed by atoms with van der Waals surface area (Å²) in [6.45, 7) is 4.91. The number of halogens is 1. The Kier molecular flexibility index (Phi) is 10.7. The molecule has 7 heteroatoms. The van der Waals surface area contributed by atoms with Crippen molar-refractivity contribution in [1.29, 1.82) is 0 Å². The second-order valence-electron chi connectivity index (χ2n) is 7.20. The molecule has 0 saturated heterocycles. The fraction of sp³-hybridized carbons (Fsp3) is 0.417. The van der Waals surface area contributed by atoms with Gasteiger partial charge in [-0.2, -0.15) is 0 Å². The number of thioether (sulfide) groups is 1. The first-order valence-electron chi connectivity index (χ1n) is 10.5. The highest BCUT2D eigenvalue weighted by molar-refractivity contribution is 7.99. The van der Waals surface area contributed by atoms with Gasteiger partial charge in [-0.3, -0.25) is 9.59 Å². The number of methoxy groups -OCH3 is 1. The predicted molar refractivity (Wildman–Crippen MR) is 129 cm³/mol. The van der Waals surface area contributed by atoms with Crippen LogP contribution in [0.3, 0.4) is 0 Å². The van der Waals surface area contributed by atoms with Gasteiger partial charge in [-0.1, -0.05) is 49.7 Å². The summed E-state index contributed by atoms with van der Waals surface area (Å²) >= 11 is 7.54. The topological polar surface area (TPSA) is 58.6 Å². The molecule has 2 amide bonds. The lowest BCUT2D eigenvalue weighted by atomic mass is 10.1. The number of carbonyl (C=O) groups excluding carboxylic acids is 2. The second kappa shape index (κ2) is 13.3. The summed E-state index contributed by atoms with van der Waals surface area (Å²) in [6.07, 6.45) is 1.41. The van der Waals surface area contributed by atoms with Crippen molar-refractivity contribution in [2.45, 2.75) is 45.0 Å². The molecule has 0 aliphatic carbocycles. The van der Waals surface area contributed by atoms with Gasteiger partial charge in [0.2, 0.25) is 11.8 Å². The van der Waals surface area contributed by atoms with Crippen molar-refractivity contribution in [2.75, 3.05) is 19.4 Å². The van der Waals surface area contributed by atoms with E-state index in [1.165, 1.54) is 0 Å². The first-order valence-corrected chi connectivity index (χ1v) is 12.0. The first-order chi connectivity index (χ1) is 15.0. The molecule has 0 unspecified atom stereocenters. The molecule has 0 radical (unpaired) electrons. The minimum absolute atomic E-state index is 0.0491. The Morgan fingerprint density at radius 1 is 1.06 bits per heavy atom. The van der Waals surface area contributed by atoms with E-state index in [1.807, 2.05) is 50.2 Å². The standard InChI is InChI=1S/C24H31ClN2O3S/c1-4-14-26-24(29)22(5-2)27(15-18-6-10-20(25)11-7-18)23(28)17-31-16-19-8-12-21(30-3)13-9-19/h6-13,22H,4-5,14-17H2,1-3H3,(H,26,29)/t22-/m1/s1. The van der Waals surface area contributed by atoms with Gasteiger partial charge in [0.25, 0.3) is 0 Å². The van der Waals surface area contributed by atoms with Gasteiger partial charge in [0.15, 0.2) is 0 Å². The zero-order valence-corrected chi connectivity index (χ0v) is 20.0. The molecular formula is C24H31ClN2O3S. The molecule has 0 saturated carbocycles.